The van der Waals surface area contributed by atoms with Gasteiger partial charge in [-0.2, -0.15) is 4.31 Å². The lowest BCUT2D eigenvalue weighted by molar-refractivity contribution is -0.384. The van der Waals surface area contributed by atoms with Crippen molar-refractivity contribution in [3.63, 3.8) is 0 Å². The number of aliphatic imine (C=N–C) groups is 1. The van der Waals surface area contributed by atoms with Gasteiger partial charge in [0.1, 0.15) is 4.90 Å². The summed E-state index contributed by atoms with van der Waals surface area (Å²) in [5.41, 5.74) is 2.85. The number of hydrogen-bond acceptors (Lipinski definition) is 7. The van der Waals surface area contributed by atoms with Gasteiger partial charge in [0, 0.05) is 68.4 Å². The van der Waals surface area contributed by atoms with E-state index in [1.165, 1.54) is 6.42 Å². The lowest BCUT2D eigenvalue weighted by atomic mass is 9.98. The molecule has 0 aromatic heterocycles. The molecule has 0 saturated carbocycles. The number of benzene rings is 2. The third-order valence-corrected chi connectivity index (χ3v) is 10.2. The van der Waals surface area contributed by atoms with Crippen molar-refractivity contribution in [3.8, 4) is 0 Å². The van der Waals surface area contributed by atoms with Crippen LogP contribution >= 0.6 is 0 Å². The molecule has 236 valence electrons. The van der Waals surface area contributed by atoms with Crippen LogP contribution in [0.3, 0.4) is 0 Å². The Morgan fingerprint density at radius 3 is 2.23 bits per heavy atom. The van der Waals surface area contributed by atoms with Gasteiger partial charge in [0.15, 0.2) is 0 Å². The Balaban J connectivity index is 1.79. The molecule has 0 N–H and O–H groups in total. The quantitative estimate of drug-likeness (QED) is 0.141. The molecule has 0 radical (unpaired) electrons. The highest BCUT2D eigenvalue weighted by Crippen LogP contribution is 2.35. The van der Waals surface area contributed by atoms with E-state index in [0.29, 0.717) is 30.4 Å². The summed E-state index contributed by atoms with van der Waals surface area (Å²) in [6.07, 6.45) is 9.22. The first-order chi connectivity index (χ1) is 20.5. The minimum atomic E-state index is -3.81. The lowest BCUT2D eigenvalue weighted by Crippen LogP contribution is -2.39. The zero-order chi connectivity index (χ0) is 31.1. The Labute approximate surface area is 258 Å². The Bertz CT molecular complexity index is 1380. The summed E-state index contributed by atoms with van der Waals surface area (Å²) in [4.78, 5) is 20.8. The number of anilines is 2. The van der Waals surface area contributed by atoms with Gasteiger partial charge in [-0.15, -0.1) is 0 Å². The topological polar surface area (TPSA) is 99.4 Å². The monoisotopic (exact) mass is 611 g/mol. The summed E-state index contributed by atoms with van der Waals surface area (Å²) in [5.74, 6) is 0.365. The molecule has 2 heterocycles. The van der Waals surface area contributed by atoms with E-state index in [1.807, 2.05) is 45.9 Å². The van der Waals surface area contributed by atoms with E-state index in [9.17, 15) is 18.5 Å². The van der Waals surface area contributed by atoms with Crippen molar-refractivity contribution in [2.75, 3.05) is 42.5 Å². The van der Waals surface area contributed by atoms with E-state index in [1.54, 1.807) is 28.7 Å². The average molecular weight is 612 g/mol. The van der Waals surface area contributed by atoms with Gasteiger partial charge >= 0.3 is 0 Å². The second-order valence-corrected chi connectivity index (χ2v) is 14.7. The molecule has 4 rings (SSSR count). The third-order valence-electron chi connectivity index (χ3n) is 8.38. The first-order valence-corrected chi connectivity index (χ1v) is 17.4. The smallest absolute Gasteiger partial charge is 0.270 e. The predicted octanol–water partition coefficient (Wildman–Crippen LogP) is 7.41. The normalized spacial score (nSPS) is 18.4. The van der Waals surface area contributed by atoms with Crippen LogP contribution < -0.4 is 9.80 Å². The Kier molecular flexibility index (Phi) is 11.2. The molecule has 0 unspecified atom stereocenters. The van der Waals surface area contributed by atoms with Crippen molar-refractivity contribution in [1.29, 1.82) is 0 Å². The number of nitrogens with zero attached hydrogens (tertiary/aromatic N) is 5. The van der Waals surface area contributed by atoms with Crippen LogP contribution in [0.1, 0.15) is 85.1 Å². The average Bonchev–Trinajstić information content (AvgIpc) is 2.99. The largest absolute Gasteiger partial charge is 0.370 e. The fraction of sp³-hybridized carbons (Fsp3) is 0.606. The fourth-order valence-electron chi connectivity index (χ4n) is 6.32. The first kappa shape index (κ1) is 32.9. The number of nitro groups is 1. The molecular formula is C33H49N5O4S. The van der Waals surface area contributed by atoms with Crippen molar-refractivity contribution in [3.05, 3.63) is 52.1 Å². The molecule has 43 heavy (non-hydrogen) atoms. The zero-order valence-corrected chi connectivity index (χ0v) is 27.4. The Morgan fingerprint density at radius 1 is 0.953 bits per heavy atom. The highest BCUT2D eigenvalue weighted by Gasteiger charge is 2.31. The van der Waals surface area contributed by atoms with Gasteiger partial charge in [-0.3, -0.25) is 15.1 Å². The van der Waals surface area contributed by atoms with Gasteiger partial charge in [0.05, 0.1) is 16.3 Å². The van der Waals surface area contributed by atoms with Crippen molar-refractivity contribution < 1.29 is 13.3 Å². The molecule has 2 aliphatic rings. The van der Waals surface area contributed by atoms with Crippen molar-refractivity contribution in [2.24, 2.45) is 16.8 Å². The number of non-ortho nitro benzene ring substituents is 1. The summed E-state index contributed by atoms with van der Waals surface area (Å²) in [6, 6.07) is 10.8. The van der Waals surface area contributed by atoms with Crippen LogP contribution in [-0.4, -0.2) is 62.6 Å². The predicted molar refractivity (Wildman–Crippen MR) is 177 cm³/mol. The van der Waals surface area contributed by atoms with Crippen LogP contribution in [0.2, 0.25) is 0 Å². The van der Waals surface area contributed by atoms with Crippen molar-refractivity contribution in [1.82, 2.24) is 4.31 Å². The van der Waals surface area contributed by atoms with Gasteiger partial charge in [-0.05, 0) is 81.0 Å². The van der Waals surface area contributed by atoms with E-state index < -0.39 is 10.0 Å². The molecule has 0 amide bonds. The highest BCUT2D eigenvalue weighted by atomic mass is 32.2. The van der Waals surface area contributed by atoms with Crippen LogP contribution in [0.4, 0.5) is 22.7 Å². The fourth-order valence-corrected chi connectivity index (χ4v) is 8.31. The second-order valence-electron chi connectivity index (χ2n) is 12.8. The SMILES string of the molecule is CC[C@@H]1CCCCN1c1ccc([N+](=O)[O-])cc1C=Nc1ccc(N2CCCCC2)c(S(=O)(=O)N(CC(C)C)CC(C)C)c1. The van der Waals surface area contributed by atoms with E-state index in [2.05, 4.69) is 16.7 Å². The molecule has 2 fully saturated rings. The summed E-state index contributed by atoms with van der Waals surface area (Å²) >= 11 is 0. The van der Waals surface area contributed by atoms with Crippen LogP contribution in [0.5, 0.6) is 0 Å². The van der Waals surface area contributed by atoms with E-state index in [-0.39, 0.29) is 27.3 Å². The molecule has 2 aromatic carbocycles. The van der Waals surface area contributed by atoms with Crippen molar-refractivity contribution in [2.45, 2.75) is 90.5 Å². The summed E-state index contributed by atoms with van der Waals surface area (Å²) in [6.45, 7) is 13.8. The van der Waals surface area contributed by atoms with Gasteiger partial charge < -0.3 is 9.80 Å². The summed E-state index contributed by atoms with van der Waals surface area (Å²) < 4.78 is 30.2. The number of rotatable bonds is 12. The van der Waals surface area contributed by atoms with Crippen molar-refractivity contribution >= 4 is 39.0 Å². The lowest BCUT2D eigenvalue weighted by Gasteiger charge is -2.38. The molecular weight excluding hydrogens is 562 g/mol. The Hall–Kier alpha value is -2.98. The molecule has 2 saturated heterocycles. The van der Waals surface area contributed by atoms with Gasteiger partial charge in [-0.1, -0.05) is 34.6 Å². The highest BCUT2D eigenvalue weighted by molar-refractivity contribution is 7.89. The second kappa shape index (κ2) is 14.7. The first-order valence-electron chi connectivity index (χ1n) is 16.0. The minimum Gasteiger partial charge on any atom is -0.370 e. The third kappa shape index (κ3) is 8.15. The van der Waals surface area contributed by atoms with Crippen LogP contribution in [0, 0.1) is 22.0 Å². The number of piperidine rings is 2. The molecule has 0 spiro atoms. The standard InChI is InChI=1S/C33H49N5O4S/c1-6-29-12-8-11-19-37(29)31-16-14-30(38(39)40)20-27(31)22-34-28-13-15-32(35-17-9-7-10-18-35)33(21-28)43(41,42)36(23-25(2)3)24-26(4)5/h13-16,20-22,25-26,29H,6-12,17-19,23-24H2,1-5H3/t29-/m1/s1. The van der Waals surface area contributed by atoms with Crippen LogP contribution in [0.25, 0.3) is 0 Å². The minimum absolute atomic E-state index is 0.0111. The molecule has 9 nitrogen and oxygen atoms in total. The molecule has 2 aliphatic heterocycles. The van der Waals surface area contributed by atoms with E-state index in [4.69, 9.17) is 4.99 Å². The maximum absolute atomic E-state index is 14.3. The molecule has 0 aliphatic carbocycles. The maximum Gasteiger partial charge on any atom is 0.270 e. The Morgan fingerprint density at radius 2 is 1.60 bits per heavy atom. The van der Waals surface area contributed by atoms with Crippen LogP contribution in [0.15, 0.2) is 46.3 Å². The van der Waals surface area contributed by atoms with Gasteiger partial charge in [0.25, 0.3) is 5.69 Å². The van der Waals surface area contributed by atoms with E-state index >= 15 is 0 Å². The summed E-state index contributed by atoms with van der Waals surface area (Å²) in [7, 11) is -3.81. The zero-order valence-electron chi connectivity index (χ0n) is 26.5. The molecule has 1 atom stereocenters. The molecule has 10 heteroatoms. The molecule has 0 bridgehead atoms. The van der Waals surface area contributed by atoms with E-state index in [0.717, 1.165) is 69.5 Å². The molecule has 2 aromatic rings. The van der Waals surface area contributed by atoms with Gasteiger partial charge in [0.2, 0.25) is 10.0 Å². The number of hydrogen-bond donors (Lipinski definition) is 0. The van der Waals surface area contributed by atoms with Gasteiger partial charge in [-0.25, -0.2) is 8.42 Å². The maximum atomic E-state index is 14.3. The van der Waals surface area contributed by atoms with Crippen LogP contribution in [-0.2, 0) is 10.0 Å². The number of nitro benzene ring substituents is 1. The number of sulfonamides is 1. The summed E-state index contributed by atoms with van der Waals surface area (Å²) in [5, 5.41) is 11.7.